The van der Waals surface area contributed by atoms with E-state index in [1.54, 1.807) is 6.07 Å². The Morgan fingerprint density at radius 3 is 2.55 bits per heavy atom. The van der Waals surface area contributed by atoms with Gasteiger partial charge in [0.05, 0.1) is 12.8 Å². The first-order valence-electron chi connectivity index (χ1n) is 6.53. The van der Waals surface area contributed by atoms with Gasteiger partial charge in [-0.1, -0.05) is 0 Å². The molecule has 7 heteroatoms. The van der Waals surface area contributed by atoms with Crippen LogP contribution in [0.4, 0.5) is 5.69 Å². The van der Waals surface area contributed by atoms with E-state index in [1.807, 2.05) is 0 Å². The van der Waals surface area contributed by atoms with Gasteiger partial charge in [0.1, 0.15) is 10.6 Å². The van der Waals surface area contributed by atoms with E-state index in [2.05, 4.69) is 0 Å². The summed E-state index contributed by atoms with van der Waals surface area (Å²) < 4.78 is 31.5. The van der Waals surface area contributed by atoms with Crippen LogP contribution in [-0.4, -0.2) is 44.6 Å². The SMILES string of the molecule is COc1ccc(S(=O)(=O)N2CCC(CO)CC2)c(N)c1. The predicted octanol–water partition coefficient (Wildman–Crippen LogP) is 0.670. The van der Waals surface area contributed by atoms with E-state index in [-0.39, 0.29) is 23.1 Å². The van der Waals surface area contributed by atoms with Crippen molar-refractivity contribution in [2.75, 3.05) is 32.5 Å². The minimum Gasteiger partial charge on any atom is -0.497 e. The molecule has 0 bridgehead atoms. The number of benzene rings is 1. The molecule has 1 saturated heterocycles. The van der Waals surface area contributed by atoms with Gasteiger partial charge in [0, 0.05) is 25.8 Å². The summed E-state index contributed by atoms with van der Waals surface area (Å²) in [5.41, 5.74) is 6.01. The third kappa shape index (κ3) is 2.89. The van der Waals surface area contributed by atoms with E-state index >= 15 is 0 Å². The average molecular weight is 300 g/mol. The summed E-state index contributed by atoms with van der Waals surface area (Å²) in [6, 6.07) is 4.57. The first kappa shape index (κ1) is 15.1. The number of nitrogens with zero attached hydrogens (tertiary/aromatic N) is 1. The van der Waals surface area contributed by atoms with Gasteiger partial charge < -0.3 is 15.6 Å². The highest BCUT2D eigenvalue weighted by molar-refractivity contribution is 7.89. The second-order valence-corrected chi connectivity index (χ2v) is 6.84. The van der Waals surface area contributed by atoms with E-state index in [9.17, 15) is 8.42 Å². The van der Waals surface area contributed by atoms with Gasteiger partial charge in [-0.15, -0.1) is 0 Å². The number of hydrogen-bond acceptors (Lipinski definition) is 5. The summed E-state index contributed by atoms with van der Waals surface area (Å²) in [7, 11) is -2.08. The van der Waals surface area contributed by atoms with Gasteiger partial charge in [-0.3, -0.25) is 0 Å². The van der Waals surface area contributed by atoms with Crippen molar-refractivity contribution in [3.05, 3.63) is 18.2 Å². The third-order valence-corrected chi connectivity index (χ3v) is 5.64. The van der Waals surface area contributed by atoms with Crippen molar-refractivity contribution in [3.63, 3.8) is 0 Å². The third-order valence-electron chi connectivity index (χ3n) is 3.67. The molecule has 1 heterocycles. The molecule has 6 nitrogen and oxygen atoms in total. The molecule has 0 spiro atoms. The number of piperidine rings is 1. The molecule has 0 aliphatic carbocycles. The maximum atomic E-state index is 12.5. The number of rotatable bonds is 4. The highest BCUT2D eigenvalue weighted by atomic mass is 32.2. The molecule has 2 rings (SSSR count). The monoisotopic (exact) mass is 300 g/mol. The molecule has 1 fully saturated rings. The summed E-state index contributed by atoms with van der Waals surface area (Å²) >= 11 is 0. The first-order valence-corrected chi connectivity index (χ1v) is 7.97. The van der Waals surface area contributed by atoms with Crippen molar-refractivity contribution in [1.82, 2.24) is 4.31 Å². The second kappa shape index (κ2) is 5.99. The van der Waals surface area contributed by atoms with Gasteiger partial charge in [-0.05, 0) is 30.9 Å². The number of methoxy groups -OCH3 is 1. The molecule has 1 aromatic rings. The minimum absolute atomic E-state index is 0.110. The number of anilines is 1. The Balaban J connectivity index is 2.23. The van der Waals surface area contributed by atoms with Crippen LogP contribution in [0, 0.1) is 5.92 Å². The largest absolute Gasteiger partial charge is 0.497 e. The van der Waals surface area contributed by atoms with Crippen molar-refractivity contribution in [2.45, 2.75) is 17.7 Å². The van der Waals surface area contributed by atoms with Crippen molar-refractivity contribution >= 4 is 15.7 Å². The van der Waals surface area contributed by atoms with E-state index in [1.165, 1.54) is 23.5 Å². The van der Waals surface area contributed by atoms with Crippen LogP contribution in [0.5, 0.6) is 5.75 Å². The Bertz CT molecular complexity index is 566. The Kier molecular flexibility index (Phi) is 4.52. The van der Waals surface area contributed by atoms with E-state index in [4.69, 9.17) is 15.6 Å². The fourth-order valence-corrected chi connectivity index (χ4v) is 3.93. The lowest BCUT2D eigenvalue weighted by molar-refractivity contribution is 0.170. The molecule has 0 amide bonds. The number of aliphatic hydroxyl groups is 1. The van der Waals surface area contributed by atoms with Crippen LogP contribution in [0.2, 0.25) is 0 Å². The molecule has 1 aliphatic rings. The predicted molar refractivity (Wildman–Crippen MR) is 76.0 cm³/mol. The summed E-state index contributed by atoms with van der Waals surface area (Å²) in [6.45, 7) is 0.941. The standard InChI is InChI=1S/C13H20N2O4S/c1-19-11-2-3-13(12(14)8-11)20(17,18)15-6-4-10(9-16)5-7-15/h2-3,8,10,16H,4-7,9,14H2,1H3. The molecule has 0 radical (unpaired) electrons. The molecule has 1 aromatic carbocycles. The van der Waals surface area contributed by atoms with Crippen molar-refractivity contribution in [1.29, 1.82) is 0 Å². The van der Waals surface area contributed by atoms with Gasteiger partial charge in [-0.2, -0.15) is 4.31 Å². The maximum absolute atomic E-state index is 12.5. The lowest BCUT2D eigenvalue weighted by atomic mass is 10.00. The molecule has 0 unspecified atom stereocenters. The second-order valence-electron chi connectivity index (χ2n) is 4.93. The molecule has 3 N–H and O–H groups in total. The number of hydrogen-bond donors (Lipinski definition) is 2. The van der Waals surface area contributed by atoms with Crippen LogP contribution >= 0.6 is 0 Å². The topological polar surface area (TPSA) is 92.9 Å². The molecular weight excluding hydrogens is 280 g/mol. The Hall–Kier alpha value is -1.31. The van der Waals surface area contributed by atoms with Crippen LogP contribution in [0.1, 0.15) is 12.8 Å². The summed E-state index contributed by atoms with van der Waals surface area (Å²) in [6.07, 6.45) is 1.34. The number of nitrogens with two attached hydrogens (primary N) is 1. The van der Waals surface area contributed by atoms with E-state index < -0.39 is 10.0 Å². The number of ether oxygens (including phenoxy) is 1. The fourth-order valence-electron chi connectivity index (χ4n) is 2.36. The van der Waals surface area contributed by atoms with E-state index in [0.717, 1.165) is 0 Å². The normalized spacial score (nSPS) is 18.1. The molecule has 20 heavy (non-hydrogen) atoms. The zero-order valence-corrected chi connectivity index (χ0v) is 12.3. The van der Waals surface area contributed by atoms with Crippen LogP contribution in [0.25, 0.3) is 0 Å². The van der Waals surface area contributed by atoms with Crippen LogP contribution < -0.4 is 10.5 Å². The van der Waals surface area contributed by atoms with Crippen molar-refractivity contribution in [3.8, 4) is 5.75 Å². The zero-order chi connectivity index (χ0) is 14.8. The Labute approximate surface area is 119 Å². The van der Waals surface area contributed by atoms with Gasteiger partial charge in [0.15, 0.2) is 0 Å². The lowest BCUT2D eigenvalue weighted by Gasteiger charge is -2.30. The summed E-state index contributed by atoms with van der Waals surface area (Å²) in [5.74, 6) is 0.718. The van der Waals surface area contributed by atoms with Gasteiger partial charge in [-0.25, -0.2) is 8.42 Å². The number of sulfonamides is 1. The molecule has 1 aliphatic heterocycles. The highest BCUT2D eigenvalue weighted by Gasteiger charge is 2.30. The number of nitrogen functional groups attached to an aromatic ring is 1. The molecule has 0 saturated carbocycles. The zero-order valence-electron chi connectivity index (χ0n) is 11.4. The maximum Gasteiger partial charge on any atom is 0.245 e. The van der Waals surface area contributed by atoms with Gasteiger partial charge >= 0.3 is 0 Å². The van der Waals surface area contributed by atoms with Gasteiger partial charge in [0.2, 0.25) is 10.0 Å². The van der Waals surface area contributed by atoms with Crippen molar-refractivity contribution in [2.24, 2.45) is 5.92 Å². The van der Waals surface area contributed by atoms with Crippen LogP contribution in [0.15, 0.2) is 23.1 Å². The smallest absolute Gasteiger partial charge is 0.245 e. The summed E-state index contributed by atoms with van der Waals surface area (Å²) in [4.78, 5) is 0.112. The molecule has 112 valence electrons. The van der Waals surface area contributed by atoms with Crippen molar-refractivity contribution < 1.29 is 18.3 Å². The quantitative estimate of drug-likeness (QED) is 0.797. The average Bonchev–Trinajstić information content (AvgIpc) is 2.46. The first-order chi connectivity index (χ1) is 9.48. The van der Waals surface area contributed by atoms with Crippen LogP contribution in [0.3, 0.4) is 0 Å². The highest BCUT2D eigenvalue weighted by Crippen LogP contribution is 2.29. The minimum atomic E-state index is -3.58. The van der Waals surface area contributed by atoms with Crippen LogP contribution in [-0.2, 0) is 10.0 Å². The Morgan fingerprint density at radius 1 is 1.40 bits per heavy atom. The number of aliphatic hydroxyl groups excluding tert-OH is 1. The molecule has 0 aromatic heterocycles. The van der Waals surface area contributed by atoms with E-state index in [0.29, 0.717) is 31.7 Å². The molecular formula is C13H20N2O4S. The Morgan fingerprint density at radius 2 is 2.05 bits per heavy atom. The summed E-state index contributed by atoms with van der Waals surface area (Å²) in [5, 5.41) is 9.10. The lowest BCUT2D eigenvalue weighted by Crippen LogP contribution is -2.39. The fraction of sp³-hybridized carbons (Fsp3) is 0.538. The van der Waals surface area contributed by atoms with Gasteiger partial charge in [0.25, 0.3) is 0 Å². The molecule has 0 atom stereocenters.